The van der Waals surface area contributed by atoms with Gasteiger partial charge in [0.25, 0.3) is 5.91 Å². The molecule has 0 radical (unpaired) electrons. The summed E-state index contributed by atoms with van der Waals surface area (Å²) >= 11 is 1.54. The normalized spacial score (nSPS) is 10.5. The second-order valence-corrected chi connectivity index (χ2v) is 6.30. The number of thiazole rings is 1. The maximum absolute atomic E-state index is 12.6. The molecule has 0 aliphatic rings. The lowest BCUT2D eigenvalue weighted by atomic mass is 10.1. The molecule has 110 valence electrons. The smallest absolute Gasteiger partial charge is 0.275 e. The molecular formula is C18H16N2OS. The number of carbonyl (C=O) groups excluding carboxylic acids is 1. The molecule has 0 fully saturated rings. The molecule has 4 heteroatoms. The molecule has 0 aliphatic carbocycles. The summed E-state index contributed by atoms with van der Waals surface area (Å²) in [5.41, 5.74) is 3.39. The molecule has 22 heavy (non-hydrogen) atoms. The van der Waals surface area contributed by atoms with Crippen LogP contribution in [0.3, 0.4) is 0 Å². The average molecular weight is 308 g/mol. The van der Waals surface area contributed by atoms with Crippen LogP contribution in [0, 0.1) is 13.8 Å². The molecule has 0 aliphatic heterocycles. The summed E-state index contributed by atoms with van der Waals surface area (Å²) in [5.74, 6) is -0.172. The number of anilines is 1. The molecule has 3 rings (SSSR count). The molecule has 1 N–H and O–H groups in total. The van der Waals surface area contributed by atoms with Gasteiger partial charge in [0.05, 0.1) is 9.88 Å². The van der Waals surface area contributed by atoms with E-state index in [0.717, 1.165) is 26.7 Å². The van der Waals surface area contributed by atoms with E-state index < -0.39 is 0 Å². The van der Waals surface area contributed by atoms with E-state index in [0.29, 0.717) is 5.69 Å². The molecule has 2 aromatic carbocycles. The Kier molecular flexibility index (Phi) is 4.02. The van der Waals surface area contributed by atoms with Gasteiger partial charge in [0.1, 0.15) is 5.69 Å². The van der Waals surface area contributed by atoms with Crippen molar-refractivity contribution < 1.29 is 4.79 Å². The molecule has 0 unspecified atom stereocenters. The molecule has 1 aromatic heterocycles. The second-order valence-electron chi connectivity index (χ2n) is 5.10. The fourth-order valence-corrected chi connectivity index (χ4v) is 3.20. The van der Waals surface area contributed by atoms with Crippen LogP contribution in [-0.2, 0) is 0 Å². The number of benzene rings is 2. The zero-order chi connectivity index (χ0) is 15.5. The highest BCUT2D eigenvalue weighted by Gasteiger charge is 2.18. The number of nitrogens with zero attached hydrogens (tertiary/aromatic N) is 1. The van der Waals surface area contributed by atoms with E-state index in [4.69, 9.17) is 0 Å². The van der Waals surface area contributed by atoms with Crippen molar-refractivity contribution in [3.63, 3.8) is 0 Å². The van der Waals surface area contributed by atoms with Gasteiger partial charge in [0, 0.05) is 5.69 Å². The Hall–Kier alpha value is -2.46. The van der Waals surface area contributed by atoms with Gasteiger partial charge in [-0.2, -0.15) is 0 Å². The minimum atomic E-state index is -0.172. The maximum Gasteiger partial charge on any atom is 0.275 e. The van der Waals surface area contributed by atoms with E-state index >= 15 is 0 Å². The summed E-state index contributed by atoms with van der Waals surface area (Å²) < 4.78 is 0. The first-order valence-electron chi connectivity index (χ1n) is 7.04. The molecule has 0 spiro atoms. The van der Waals surface area contributed by atoms with Gasteiger partial charge < -0.3 is 5.32 Å². The second kappa shape index (κ2) is 6.12. The van der Waals surface area contributed by atoms with E-state index in [1.54, 1.807) is 0 Å². The van der Waals surface area contributed by atoms with E-state index in [-0.39, 0.29) is 5.91 Å². The van der Waals surface area contributed by atoms with Crippen LogP contribution in [0.4, 0.5) is 5.69 Å². The fraction of sp³-hybridized carbons (Fsp3) is 0.111. The van der Waals surface area contributed by atoms with Crippen molar-refractivity contribution in [3.8, 4) is 10.4 Å². The van der Waals surface area contributed by atoms with Gasteiger partial charge in [0.15, 0.2) is 0 Å². The van der Waals surface area contributed by atoms with E-state index in [2.05, 4.69) is 10.3 Å². The standard InChI is InChI=1S/C18H16N2OS/c1-12-7-6-10-15(11-12)20-18(21)16-17(22-13(2)19-16)14-8-4-3-5-9-14/h3-11H,1-2H3,(H,20,21). The predicted molar refractivity (Wildman–Crippen MR) is 91.4 cm³/mol. The van der Waals surface area contributed by atoms with Gasteiger partial charge in [-0.15, -0.1) is 11.3 Å². The number of carbonyl (C=O) groups is 1. The summed E-state index contributed by atoms with van der Waals surface area (Å²) in [4.78, 5) is 17.9. The van der Waals surface area contributed by atoms with E-state index in [1.165, 1.54) is 11.3 Å². The number of amides is 1. The van der Waals surface area contributed by atoms with Gasteiger partial charge in [-0.1, -0.05) is 42.5 Å². The molecule has 0 saturated carbocycles. The lowest BCUT2D eigenvalue weighted by Gasteiger charge is -2.06. The van der Waals surface area contributed by atoms with Crippen molar-refractivity contribution in [2.75, 3.05) is 5.32 Å². The highest BCUT2D eigenvalue weighted by molar-refractivity contribution is 7.15. The number of hydrogen-bond donors (Lipinski definition) is 1. The molecule has 0 atom stereocenters. The topological polar surface area (TPSA) is 42.0 Å². The molecular weight excluding hydrogens is 292 g/mol. The number of hydrogen-bond acceptors (Lipinski definition) is 3. The van der Waals surface area contributed by atoms with Crippen molar-refractivity contribution >= 4 is 22.9 Å². The monoisotopic (exact) mass is 308 g/mol. The lowest BCUT2D eigenvalue weighted by Crippen LogP contribution is -2.13. The number of rotatable bonds is 3. The molecule has 3 aromatic rings. The summed E-state index contributed by atoms with van der Waals surface area (Å²) in [7, 11) is 0. The largest absolute Gasteiger partial charge is 0.321 e. The Labute approximate surface area is 133 Å². The minimum Gasteiger partial charge on any atom is -0.321 e. The van der Waals surface area contributed by atoms with Gasteiger partial charge in [-0.05, 0) is 37.1 Å². The summed E-state index contributed by atoms with van der Waals surface area (Å²) in [6.45, 7) is 3.92. The summed E-state index contributed by atoms with van der Waals surface area (Å²) in [6, 6.07) is 17.6. The minimum absolute atomic E-state index is 0.172. The first kappa shape index (κ1) is 14.5. The van der Waals surface area contributed by atoms with Gasteiger partial charge >= 0.3 is 0 Å². The van der Waals surface area contributed by atoms with Crippen LogP contribution in [0.15, 0.2) is 54.6 Å². The Morgan fingerprint density at radius 2 is 1.82 bits per heavy atom. The van der Waals surface area contributed by atoms with Crippen molar-refractivity contribution in [3.05, 3.63) is 70.9 Å². The van der Waals surface area contributed by atoms with E-state index in [1.807, 2.05) is 68.4 Å². The number of nitrogens with one attached hydrogen (secondary N) is 1. The van der Waals surface area contributed by atoms with Crippen molar-refractivity contribution in [2.45, 2.75) is 13.8 Å². The lowest BCUT2D eigenvalue weighted by molar-refractivity contribution is 0.102. The zero-order valence-electron chi connectivity index (χ0n) is 12.5. The van der Waals surface area contributed by atoms with Crippen LogP contribution in [0.1, 0.15) is 21.1 Å². The molecule has 0 bridgehead atoms. The van der Waals surface area contributed by atoms with Gasteiger partial charge in [-0.3, -0.25) is 4.79 Å². The SMILES string of the molecule is Cc1cccc(NC(=O)c2nc(C)sc2-c2ccccc2)c1. The van der Waals surface area contributed by atoms with Crippen LogP contribution in [0.5, 0.6) is 0 Å². The van der Waals surface area contributed by atoms with Gasteiger partial charge in [0.2, 0.25) is 0 Å². The third kappa shape index (κ3) is 3.07. The Balaban J connectivity index is 1.93. The van der Waals surface area contributed by atoms with E-state index in [9.17, 15) is 4.79 Å². The average Bonchev–Trinajstić information content (AvgIpc) is 2.90. The predicted octanol–water partition coefficient (Wildman–Crippen LogP) is 4.68. The number of aryl methyl sites for hydroxylation is 2. The molecule has 3 nitrogen and oxygen atoms in total. The molecule has 1 amide bonds. The van der Waals surface area contributed by atoms with Crippen LogP contribution in [-0.4, -0.2) is 10.9 Å². The third-order valence-corrected chi connectivity index (χ3v) is 4.28. The Morgan fingerprint density at radius 3 is 2.55 bits per heavy atom. The maximum atomic E-state index is 12.6. The highest BCUT2D eigenvalue weighted by atomic mass is 32.1. The molecule has 1 heterocycles. The van der Waals surface area contributed by atoms with Crippen LogP contribution in [0.2, 0.25) is 0 Å². The van der Waals surface area contributed by atoms with Crippen molar-refractivity contribution in [1.29, 1.82) is 0 Å². The zero-order valence-corrected chi connectivity index (χ0v) is 13.3. The first-order chi connectivity index (χ1) is 10.6. The Bertz CT molecular complexity index is 809. The summed E-state index contributed by atoms with van der Waals surface area (Å²) in [5, 5.41) is 3.81. The van der Waals surface area contributed by atoms with Gasteiger partial charge in [-0.25, -0.2) is 4.98 Å². The van der Waals surface area contributed by atoms with Crippen molar-refractivity contribution in [2.24, 2.45) is 0 Å². The van der Waals surface area contributed by atoms with Crippen LogP contribution in [0.25, 0.3) is 10.4 Å². The van der Waals surface area contributed by atoms with Crippen LogP contribution >= 0.6 is 11.3 Å². The third-order valence-electron chi connectivity index (χ3n) is 3.26. The quantitative estimate of drug-likeness (QED) is 0.763. The van der Waals surface area contributed by atoms with Crippen molar-refractivity contribution in [1.82, 2.24) is 4.98 Å². The first-order valence-corrected chi connectivity index (χ1v) is 7.86. The highest BCUT2D eigenvalue weighted by Crippen LogP contribution is 2.30. The van der Waals surface area contributed by atoms with Crippen LogP contribution < -0.4 is 5.32 Å². The Morgan fingerprint density at radius 1 is 1.05 bits per heavy atom. The number of aromatic nitrogens is 1. The fourth-order valence-electron chi connectivity index (χ4n) is 2.28. The summed E-state index contributed by atoms with van der Waals surface area (Å²) in [6.07, 6.45) is 0. The molecule has 0 saturated heterocycles.